The Hall–Kier alpha value is -1.24. The molecule has 0 heterocycles. The van der Waals surface area contributed by atoms with Crippen molar-refractivity contribution in [3.05, 3.63) is 47.7 Å². The maximum atomic E-state index is 5.91. The van der Waals surface area contributed by atoms with E-state index in [1.165, 1.54) is 37.7 Å². The molecule has 3 aliphatic carbocycles. The average molecular weight is 296 g/mol. The van der Waals surface area contributed by atoms with E-state index in [-0.39, 0.29) is 0 Å². The number of benzene rings is 1. The Labute approximate surface area is 134 Å². The van der Waals surface area contributed by atoms with E-state index in [0.29, 0.717) is 0 Å². The quantitative estimate of drug-likeness (QED) is 0.546. The predicted octanol–water partition coefficient (Wildman–Crippen LogP) is 5.22. The van der Waals surface area contributed by atoms with Gasteiger partial charge in [-0.1, -0.05) is 37.3 Å². The molecule has 1 heteroatoms. The first kappa shape index (κ1) is 14.4. The van der Waals surface area contributed by atoms with Gasteiger partial charge in [-0.2, -0.15) is 0 Å². The van der Waals surface area contributed by atoms with E-state index < -0.39 is 0 Å². The molecule has 0 saturated heterocycles. The van der Waals surface area contributed by atoms with Gasteiger partial charge < -0.3 is 4.74 Å². The Morgan fingerprint density at radius 1 is 1.05 bits per heavy atom. The summed E-state index contributed by atoms with van der Waals surface area (Å²) in [5, 5.41) is 0. The molecule has 1 nitrogen and oxygen atoms in total. The van der Waals surface area contributed by atoms with Gasteiger partial charge in [0.05, 0.1) is 12.9 Å². The van der Waals surface area contributed by atoms with Crippen molar-refractivity contribution in [2.45, 2.75) is 45.4 Å². The first-order valence-electron chi connectivity index (χ1n) is 9.15. The minimum absolute atomic E-state index is 0.734. The van der Waals surface area contributed by atoms with Crippen LogP contribution < -0.4 is 0 Å². The molecule has 4 rings (SSSR count). The summed E-state index contributed by atoms with van der Waals surface area (Å²) in [6, 6.07) is 10.6. The van der Waals surface area contributed by atoms with Crippen LogP contribution in [0.5, 0.6) is 0 Å². The van der Waals surface area contributed by atoms with Crippen LogP contribution in [0.4, 0.5) is 0 Å². The molecule has 1 aromatic rings. The van der Waals surface area contributed by atoms with E-state index in [0.717, 1.165) is 42.6 Å². The largest absolute Gasteiger partial charge is 0.501 e. The summed E-state index contributed by atoms with van der Waals surface area (Å²) in [6.07, 6.45) is 10.4. The molecule has 0 radical (unpaired) electrons. The molecule has 3 fully saturated rings. The molecule has 118 valence electrons. The highest BCUT2D eigenvalue weighted by Gasteiger charge is 2.49. The second-order valence-electron chi connectivity index (χ2n) is 7.80. The molecule has 0 spiro atoms. The highest BCUT2D eigenvalue weighted by molar-refractivity contribution is 5.15. The van der Waals surface area contributed by atoms with Crippen molar-refractivity contribution >= 4 is 0 Å². The molecular weight excluding hydrogens is 268 g/mol. The summed E-state index contributed by atoms with van der Waals surface area (Å²) in [5.41, 5.74) is 2.95. The zero-order chi connectivity index (χ0) is 14.9. The SMILES string of the molecule is CC1C[C@H]2[C@@H]3CC[C@@H](C3)[C@H]2CC1=COCCc1ccccc1. The molecule has 0 aliphatic heterocycles. The van der Waals surface area contributed by atoms with Crippen molar-refractivity contribution in [3.63, 3.8) is 0 Å². The zero-order valence-electron chi connectivity index (χ0n) is 13.7. The Bertz CT molecular complexity index is 532. The van der Waals surface area contributed by atoms with E-state index in [1.807, 2.05) is 0 Å². The Kier molecular flexibility index (Phi) is 3.98. The van der Waals surface area contributed by atoms with Crippen LogP contribution in [0.3, 0.4) is 0 Å². The minimum atomic E-state index is 0.734. The fraction of sp³-hybridized carbons (Fsp3) is 0.619. The normalized spacial score (nSPS) is 38.2. The number of hydrogen-bond donors (Lipinski definition) is 0. The standard InChI is InChI=1S/C21H28O/c1-15-11-20-17-7-8-18(12-17)21(20)13-19(15)14-22-10-9-16-5-3-2-4-6-16/h2-6,14-15,17-18,20-21H,7-13H2,1H3/t15?,17-,18+,20+,21-/m1/s1. The zero-order valence-corrected chi connectivity index (χ0v) is 13.7. The Morgan fingerprint density at radius 3 is 2.64 bits per heavy atom. The first-order chi connectivity index (χ1) is 10.8. The second-order valence-corrected chi connectivity index (χ2v) is 7.80. The lowest BCUT2D eigenvalue weighted by Crippen LogP contribution is -2.30. The lowest BCUT2D eigenvalue weighted by atomic mass is 9.66. The summed E-state index contributed by atoms with van der Waals surface area (Å²) >= 11 is 0. The van der Waals surface area contributed by atoms with E-state index in [1.54, 1.807) is 5.57 Å². The smallest absolute Gasteiger partial charge is 0.0913 e. The molecule has 0 aromatic heterocycles. The number of hydrogen-bond acceptors (Lipinski definition) is 1. The van der Waals surface area contributed by atoms with Crippen molar-refractivity contribution in [1.29, 1.82) is 0 Å². The summed E-state index contributed by atoms with van der Waals surface area (Å²) in [7, 11) is 0. The fourth-order valence-electron chi connectivity index (χ4n) is 5.40. The molecule has 22 heavy (non-hydrogen) atoms. The predicted molar refractivity (Wildman–Crippen MR) is 90.4 cm³/mol. The molecule has 1 aromatic carbocycles. The Morgan fingerprint density at radius 2 is 1.82 bits per heavy atom. The highest BCUT2D eigenvalue weighted by Crippen LogP contribution is 2.59. The highest BCUT2D eigenvalue weighted by atomic mass is 16.5. The molecule has 2 bridgehead atoms. The number of allylic oxidation sites excluding steroid dienone is 1. The van der Waals surface area contributed by atoms with Crippen LogP contribution in [0.2, 0.25) is 0 Å². The summed E-state index contributed by atoms with van der Waals surface area (Å²) < 4.78 is 5.91. The van der Waals surface area contributed by atoms with Gasteiger partial charge in [0.2, 0.25) is 0 Å². The third-order valence-corrected chi connectivity index (χ3v) is 6.59. The van der Waals surface area contributed by atoms with Gasteiger partial charge in [0.15, 0.2) is 0 Å². The maximum Gasteiger partial charge on any atom is 0.0913 e. The summed E-state index contributed by atoms with van der Waals surface area (Å²) in [5.74, 6) is 4.86. The van der Waals surface area contributed by atoms with Crippen molar-refractivity contribution in [1.82, 2.24) is 0 Å². The summed E-state index contributed by atoms with van der Waals surface area (Å²) in [6.45, 7) is 3.22. The van der Waals surface area contributed by atoms with Crippen LogP contribution in [0, 0.1) is 29.6 Å². The minimum Gasteiger partial charge on any atom is -0.501 e. The molecule has 0 amide bonds. The van der Waals surface area contributed by atoms with E-state index in [9.17, 15) is 0 Å². The van der Waals surface area contributed by atoms with Gasteiger partial charge in [-0.25, -0.2) is 0 Å². The van der Waals surface area contributed by atoms with Crippen molar-refractivity contribution in [2.75, 3.05) is 6.61 Å². The lowest BCUT2D eigenvalue weighted by Gasteiger charge is -2.39. The first-order valence-corrected chi connectivity index (χ1v) is 9.15. The monoisotopic (exact) mass is 296 g/mol. The molecular formula is C21H28O. The fourth-order valence-corrected chi connectivity index (χ4v) is 5.40. The van der Waals surface area contributed by atoms with E-state index in [4.69, 9.17) is 4.74 Å². The van der Waals surface area contributed by atoms with Crippen LogP contribution in [0.1, 0.15) is 44.6 Å². The van der Waals surface area contributed by atoms with Gasteiger partial charge in [-0.15, -0.1) is 0 Å². The third-order valence-electron chi connectivity index (χ3n) is 6.59. The van der Waals surface area contributed by atoms with Crippen LogP contribution in [0.15, 0.2) is 42.2 Å². The van der Waals surface area contributed by atoms with Crippen LogP contribution in [0.25, 0.3) is 0 Å². The molecule has 1 unspecified atom stereocenters. The van der Waals surface area contributed by atoms with E-state index >= 15 is 0 Å². The number of fused-ring (bicyclic) bond motifs is 5. The van der Waals surface area contributed by atoms with Gasteiger partial charge in [0.1, 0.15) is 0 Å². The third kappa shape index (κ3) is 2.71. The van der Waals surface area contributed by atoms with Gasteiger partial charge in [0, 0.05) is 6.42 Å². The van der Waals surface area contributed by atoms with E-state index in [2.05, 4.69) is 43.5 Å². The lowest BCUT2D eigenvalue weighted by molar-refractivity contribution is 0.153. The molecule has 0 N–H and O–H groups in total. The number of ether oxygens (including phenoxy) is 1. The second kappa shape index (κ2) is 6.10. The van der Waals surface area contributed by atoms with Crippen molar-refractivity contribution in [2.24, 2.45) is 29.6 Å². The average Bonchev–Trinajstić information content (AvgIpc) is 3.14. The van der Waals surface area contributed by atoms with Crippen molar-refractivity contribution in [3.8, 4) is 0 Å². The Balaban J connectivity index is 1.32. The molecule has 3 saturated carbocycles. The van der Waals surface area contributed by atoms with Gasteiger partial charge >= 0.3 is 0 Å². The van der Waals surface area contributed by atoms with Gasteiger partial charge in [0.25, 0.3) is 0 Å². The van der Waals surface area contributed by atoms with Crippen LogP contribution in [-0.2, 0) is 11.2 Å². The maximum absolute atomic E-state index is 5.91. The number of rotatable bonds is 4. The van der Waals surface area contributed by atoms with Gasteiger partial charge in [-0.3, -0.25) is 0 Å². The van der Waals surface area contributed by atoms with Crippen LogP contribution in [-0.4, -0.2) is 6.61 Å². The summed E-state index contributed by atoms with van der Waals surface area (Å²) in [4.78, 5) is 0. The molecule has 3 aliphatic rings. The van der Waals surface area contributed by atoms with Crippen LogP contribution >= 0.6 is 0 Å². The molecule has 5 atom stereocenters. The topological polar surface area (TPSA) is 9.23 Å². The van der Waals surface area contributed by atoms with Gasteiger partial charge in [-0.05, 0) is 72.8 Å². The van der Waals surface area contributed by atoms with Crippen molar-refractivity contribution < 1.29 is 4.74 Å².